The number of sulfonamides is 2. The van der Waals surface area contributed by atoms with Crippen LogP contribution in [-0.2, 0) is 20.0 Å². The zero-order chi connectivity index (χ0) is 20.0. The van der Waals surface area contributed by atoms with Gasteiger partial charge in [0, 0.05) is 6.54 Å². The first-order valence-electron chi connectivity index (χ1n) is 8.42. The van der Waals surface area contributed by atoms with Crippen molar-refractivity contribution in [2.75, 3.05) is 21.3 Å². The van der Waals surface area contributed by atoms with Crippen molar-refractivity contribution in [1.82, 2.24) is 0 Å². The first-order chi connectivity index (χ1) is 12.5. The Labute approximate surface area is 165 Å². The zero-order valence-corrected chi connectivity index (χ0v) is 17.7. The van der Waals surface area contributed by atoms with E-state index < -0.39 is 20.0 Å². The molecule has 0 radical (unpaired) electrons. The minimum absolute atomic E-state index is 0.102. The van der Waals surface area contributed by atoms with Gasteiger partial charge >= 0.3 is 0 Å². The van der Waals surface area contributed by atoms with Crippen molar-refractivity contribution in [2.45, 2.75) is 32.1 Å². The lowest BCUT2D eigenvalue weighted by Crippen LogP contribution is -2.25. The van der Waals surface area contributed by atoms with E-state index in [1.165, 1.54) is 16.4 Å². The number of anilines is 2. The van der Waals surface area contributed by atoms with Crippen molar-refractivity contribution in [1.29, 1.82) is 0 Å². The SMILES string of the molecule is Cc1cc(C)c(S(=O)(=O)Nc2ccc(N3CCCS3(=O)=O)cc2Cl)cc1C. The maximum Gasteiger partial charge on any atom is 0.262 e. The van der Waals surface area contributed by atoms with Gasteiger partial charge in [-0.1, -0.05) is 17.7 Å². The van der Waals surface area contributed by atoms with Gasteiger partial charge in [-0.05, 0) is 68.1 Å². The van der Waals surface area contributed by atoms with Gasteiger partial charge in [-0.3, -0.25) is 9.03 Å². The molecule has 1 fully saturated rings. The van der Waals surface area contributed by atoms with Crippen LogP contribution in [0.5, 0.6) is 0 Å². The molecule has 9 heteroatoms. The molecule has 0 unspecified atom stereocenters. The van der Waals surface area contributed by atoms with E-state index in [9.17, 15) is 16.8 Å². The van der Waals surface area contributed by atoms with Gasteiger partial charge in [0.15, 0.2) is 0 Å². The fourth-order valence-electron chi connectivity index (χ4n) is 3.09. The third-order valence-electron chi connectivity index (χ3n) is 4.67. The molecule has 0 bridgehead atoms. The molecule has 6 nitrogen and oxygen atoms in total. The number of aryl methyl sites for hydroxylation is 3. The summed E-state index contributed by atoms with van der Waals surface area (Å²) in [4.78, 5) is 0.188. The van der Waals surface area contributed by atoms with Crippen LogP contribution in [0.15, 0.2) is 35.2 Å². The lowest BCUT2D eigenvalue weighted by Gasteiger charge is -2.18. The van der Waals surface area contributed by atoms with Crippen molar-refractivity contribution >= 4 is 43.0 Å². The number of halogens is 1. The van der Waals surface area contributed by atoms with E-state index in [-0.39, 0.29) is 21.4 Å². The first kappa shape index (κ1) is 20.0. The number of rotatable bonds is 4. The Morgan fingerprint density at radius 1 is 1.04 bits per heavy atom. The number of hydrogen-bond donors (Lipinski definition) is 1. The Kier molecular flexibility index (Phi) is 5.18. The minimum Gasteiger partial charge on any atom is -0.278 e. The number of nitrogens with one attached hydrogen (secondary N) is 1. The van der Waals surface area contributed by atoms with E-state index >= 15 is 0 Å². The number of nitrogens with zero attached hydrogens (tertiary/aromatic N) is 1. The molecule has 3 rings (SSSR count). The second kappa shape index (κ2) is 7.00. The van der Waals surface area contributed by atoms with Gasteiger partial charge < -0.3 is 0 Å². The molecule has 1 heterocycles. The minimum atomic E-state index is -3.83. The van der Waals surface area contributed by atoms with E-state index in [0.29, 0.717) is 24.2 Å². The van der Waals surface area contributed by atoms with Gasteiger partial charge in [0.05, 0.1) is 27.0 Å². The molecular formula is C18H21ClN2O4S2. The maximum absolute atomic E-state index is 12.8. The molecule has 1 aliphatic rings. The summed E-state index contributed by atoms with van der Waals surface area (Å²) in [6, 6.07) is 7.97. The van der Waals surface area contributed by atoms with E-state index in [2.05, 4.69) is 4.72 Å². The maximum atomic E-state index is 12.8. The predicted molar refractivity (Wildman–Crippen MR) is 109 cm³/mol. The third-order valence-corrected chi connectivity index (χ3v) is 8.35. The van der Waals surface area contributed by atoms with Crippen LogP contribution in [0.2, 0.25) is 5.02 Å². The molecule has 0 saturated carbocycles. The summed E-state index contributed by atoms with van der Waals surface area (Å²) < 4.78 is 53.5. The Morgan fingerprint density at radius 2 is 1.70 bits per heavy atom. The highest BCUT2D eigenvalue weighted by atomic mass is 35.5. The number of hydrogen-bond acceptors (Lipinski definition) is 4. The van der Waals surface area contributed by atoms with Crippen LogP contribution in [0.4, 0.5) is 11.4 Å². The molecule has 2 aromatic carbocycles. The Morgan fingerprint density at radius 3 is 2.30 bits per heavy atom. The fraction of sp³-hybridized carbons (Fsp3) is 0.333. The van der Waals surface area contributed by atoms with Gasteiger partial charge in [0.1, 0.15) is 0 Å². The van der Waals surface area contributed by atoms with Crippen molar-refractivity contribution in [3.05, 3.63) is 52.0 Å². The largest absolute Gasteiger partial charge is 0.278 e. The summed E-state index contributed by atoms with van der Waals surface area (Å²) in [6.07, 6.45) is 0.556. The van der Waals surface area contributed by atoms with Gasteiger partial charge in [-0.2, -0.15) is 0 Å². The van der Waals surface area contributed by atoms with Gasteiger partial charge in [0.25, 0.3) is 10.0 Å². The Bertz CT molecular complexity index is 1110. The average molecular weight is 429 g/mol. The molecular weight excluding hydrogens is 408 g/mol. The Balaban J connectivity index is 1.93. The summed E-state index contributed by atoms with van der Waals surface area (Å²) in [5.41, 5.74) is 3.17. The summed E-state index contributed by atoms with van der Waals surface area (Å²) in [5.74, 6) is 0.102. The van der Waals surface area contributed by atoms with Crippen molar-refractivity contribution < 1.29 is 16.8 Å². The van der Waals surface area contributed by atoms with Crippen LogP contribution in [0.3, 0.4) is 0 Å². The van der Waals surface area contributed by atoms with Crippen molar-refractivity contribution in [3.63, 3.8) is 0 Å². The molecule has 146 valence electrons. The molecule has 2 aromatic rings. The smallest absolute Gasteiger partial charge is 0.262 e. The van der Waals surface area contributed by atoms with E-state index in [4.69, 9.17) is 11.6 Å². The third kappa shape index (κ3) is 3.93. The number of benzene rings is 2. The molecule has 0 amide bonds. The molecule has 27 heavy (non-hydrogen) atoms. The van der Waals surface area contributed by atoms with Crippen LogP contribution < -0.4 is 9.03 Å². The van der Waals surface area contributed by atoms with Gasteiger partial charge in [-0.15, -0.1) is 0 Å². The highest BCUT2D eigenvalue weighted by Gasteiger charge is 2.29. The van der Waals surface area contributed by atoms with Crippen LogP contribution in [0.1, 0.15) is 23.1 Å². The molecule has 1 saturated heterocycles. The van der Waals surface area contributed by atoms with Gasteiger partial charge in [-0.25, -0.2) is 16.8 Å². The van der Waals surface area contributed by atoms with E-state index in [1.54, 1.807) is 19.1 Å². The zero-order valence-electron chi connectivity index (χ0n) is 15.3. The Hall–Kier alpha value is -1.77. The lowest BCUT2D eigenvalue weighted by molar-refractivity contribution is 0.598. The molecule has 0 atom stereocenters. The first-order valence-corrected chi connectivity index (χ1v) is 11.9. The van der Waals surface area contributed by atoms with Gasteiger partial charge in [0.2, 0.25) is 10.0 Å². The van der Waals surface area contributed by atoms with Crippen LogP contribution in [0, 0.1) is 20.8 Å². The van der Waals surface area contributed by atoms with Crippen LogP contribution in [-0.4, -0.2) is 29.1 Å². The molecule has 1 N–H and O–H groups in total. The quantitative estimate of drug-likeness (QED) is 0.806. The summed E-state index contributed by atoms with van der Waals surface area (Å²) in [6.45, 7) is 5.91. The highest BCUT2D eigenvalue weighted by Crippen LogP contribution is 2.32. The predicted octanol–water partition coefficient (Wildman–Crippen LogP) is 3.61. The normalized spacial score (nSPS) is 16.5. The van der Waals surface area contributed by atoms with E-state index in [1.807, 2.05) is 19.9 Å². The average Bonchev–Trinajstić information content (AvgIpc) is 2.92. The lowest BCUT2D eigenvalue weighted by atomic mass is 10.1. The van der Waals surface area contributed by atoms with Crippen molar-refractivity contribution in [2.24, 2.45) is 0 Å². The second-order valence-corrected chi connectivity index (χ2v) is 10.8. The van der Waals surface area contributed by atoms with E-state index in [0.717, 1.165) is 11.1 Å². The molecule has 1 aliphatic heterocycles. The highest BCUT2D eigenvalue weighted by molar-refractivity contribution is 7.93. The standard InChI is InChI=1S/C18H21ClN2O4S2/c1-12-9-14(3)18(10-13(12)2)27(24,25)20-17-6-5-15(11-16(17)19)21-7-4-8-26(21,22)23/h5-6,9-11,20H,4,7-8H2,1-3H3. The second-order valence-electron chi connectivity index (χ2n) is 6.71. The van der Waals surface area contributed by atoms with Crippen LogP contribution >= 0.6 is 11.6 Å². The molecule has 0 aliphatic carbocycles. The topological polar surface area (TPSA) is 83.6 Å². The summed E-state index contributed by atoms with van der Waals surface area (Å²) in [7, 11) is -7.15. The monoisotopic (exact) mass is 428 g/mol. The van der Waals surface area contributed by atoms with Crippen molar-refractivity contribution in [3.8, 4) is 0 Å². The molecule has 0 spiro atoms. The summed E-state index contributed by atoms with van der Waals surface area (Å²) in [5, 5.41) is 0.139. The fourth-order valence-corrected chi connectivity index (χ4v) is 6.32. The van der Waals surface area contributed by atoms with Crippen LogP contribution in [0.25, 0.3) is 0 Å². The summed E-state index contributed by atoms with van der Waals surface area (Å²) >= 11 is 6.24. The molecule has 0 aromatic heterocycles.